The minimum Gasteiger partial charge on any atom is -0.506 e. The summed E-state index contributed by atoms with van der Waals surface area (Å²) >= 11 is 0. The van der Waals surface area contributed by atoms with Crippen molar-refractivity contribution in [2.45, 2.75) is 214 Å². The molecule has 22 nitrogen and oxygen atoms in total. The van der Waals surface area contributed by atoms with Crippen molar-refractivity contribution in [3.8, 4) is 0 Å². The van der Waals surface area contributed by atoms with Crippen molar-refractivity contribution in [1.82, 2.24) is 0 Å². The Kier molecular flexibility index (Phi) is 23.1. The lowest BCUT2D eigenvalue weighted by Crippen LogP contribution is -2.64. The monoisotopic (exact) mass is 973 g/mol. The molecule has 17 atom stereocenters. The normalized spacial score (nSPS) is 37.5. The Hall–Kier alpha value is -1.46. The van der Waals surface area contributed by atoms with Crippen LogP contribution in [0, 0.1) is 17.3 Å². The topological polar surface area (TPSA) is 368 Å². The average molecular weight is 973 g/mol. The summed E-state index contributed by atoms with van der Waals surface area (Å²) < 4.78 is 40.3. The van der Waals surface area contributed by atoms with Gasteiger partial charge in [-0.3, -0.25) is 0 Å². The molecule has 3 aliphatic heterocycles. The average Bonchev–Trinajstić information content (AvgIpc) is 3.34. The molecule has 0 aromatic heterocycles. The molecule has 15 N–H and O–H groups in total. The zero-order valence-electron chi connectivity index (χ0n) is 38.3. The zero-order chi connectivity index (χ0) is 48.8. The van der Waals surface area contributed by atoms with Crippen LogP contribution in [0.5, 0.6) is 0 Å². The second-order valence-electron chi connectivity index (χ2n) is 19.4. The van der Waals surface area contributed by atoms with E-state index in [4.69, 9.17) is 33.2 Å². The highest BCUT2D eigenvalue weighted by atomic mass is 16.7. The molecule has 392 valence electrons. The molecule has 5 fully saturated rings. The third-order valence-electron chi connectivity index (χ3n) is 14.5. The van der Waals surface area contributed by atoms with Gasteiger partial charge in [-0.05, 0) is 24.7 Å². The van der Waals surface area contributed by atoms with Crippen molar-refractivity contribution < 1.29 is 110 Å². The quantitative estimate of drug-likeness (QED) is 0.0360. The first-order valence-corrected chi connectivity index (χ1v) is 24.3. The van der Waals surface area contributed by atoms with Gasteiger partial charge in [-0.2, -0.15) is 0 Å². The highest BCUT2D eigenvalue weighted by Gasteiger charge is 2.52. The molecule has 5 aliphatic rings. The maximum absolute atomic E-state index is 11.4. The summed E-state index contributed by atoms with van der Waals surface area (Å²) in [5.41, 5.74) is -0.954. The Morgan fingerprint density at radius 3 is 1.52 bits per heavy atom. The Bertz CT molecular complexity index is 1400. The maximum atomic E-state index is 11.4. The highest BCUT2D eigenvalue weighted by molar-refractivity contribution is 5.07. The number of aliphatic hydroxyl groups is 15. The van der Waals surface area contributed by atoms with Crippen molar-refractivity contribution in [2.24, 2.45) is 17.3 Å². The van der Waals surface area contributed by atoms with Gasteiger partial charge < -0.3 is 110 Å². The first-order chi connectivity index (χ1) is 32.1. The number of rotatable bonds is 25. The van der Waals surface area contributed by atoms with Crippen molar-refractivity contribution in [2.75, 3.05) is 39.6 Å². The van der Waals surface area contributed by atoms with Crippen LogP contribution in [0.25, 0.3) is 0 Å². The SMILES string of the molecule is OCC[C@@H](O[C@H]1OC(CO)[C@@H](O)C(O)C1O)/C(O)=C(/O)[C@@H](O)OCC(CCCC1CCCCC1)(CCCC1CCCCC1)CO[C@@H]1OC(CO)[C@@H](O[C@@H]2OC(CO)[C@@H](O)[C@H](O)C2O)[C@H](O)C1O. The first kappa shape index (κ1) is 56.5. The third kappa shape index (κ3) is 15.0. The van der Waals surface area contributed by atoms with Gasteiger partial charge in [-0.25, -0.2) is 0 Å². The van der Waals surface area contributed by atoms with Crippen LogP contribution in [0.1, 0.15) is 109 Å². The van der Waals surface area contributed by atoms with E-state index in [-0.39, 0.29) is 13.2 Å². The number of aliphatic hydroxyl groups excluding tert-OH is 15. The van der Waals surface area contributed by atoms with Gasteiger partial charge in [0.25, 0.3) is 0 Å². The van der Waals surface area contributed by atoms with Gasteiger partial charge in [0, 0.05) is 18.4 Å². The van der Waals surface area contributed by atoms with Gasteiger partial charge in [-0.1, -0.05) is 89.9 Å². The number of hydrogen-bond acceptors (Lipinski definition) is 22. The molecule has 3 saturated heterocycles. The summed E-state index contributed by atoms with van der Waals surface area (Å²) in [5.74, 6) is -1.10. The molecular weight excluding hydrogens is 892 g/mol. The molecule has 0 spiro atoms. The van der Waals surface area contributed by atoms with Gasteiger partial charge in [-0.15, -0.1) is 0 Å². The summed E-state index contributed by atoms with van der Waals surface area (Å²) in [6.45, 7) is -3.39. The van der Waals surface area contributed by atoms with Gasteiger partial charge >= 0.3 is 0 Å². The maximum Gasteiger partial charge on any atom is 0.217 e. The predicted octanol–water partition coefficient (Wildman–Crippen LogP) is -1.66. The predicted molar refractivity (Wildman–Crippen MR) is 230 cm³/mol. The molecule has 0 radical (unpaired) electrons. The molecule has 0 bridgehead atoms. The van der Waals surface area contributed by atoms with E-state index in [0.717, 1.165) is 64.2 Å². The third-order valence-corrected chi connectivity index (χ3v) is 14.5. The van der Waals surface area contributed by atoms with E-state index in [9.17, 15) is 76.6 Å². The van der Waals surface area contributed by atoms with Gasteiger partial charge in [0.15, 0.2) is 30.4 Å². The van der Waals surface area contributed by atoms with Crippen LogP contribution in [-0.4, -0.2) is 221 Å². The fourth-order valence-corrected chi connectivity index (χ4v) is 10.2. The van der Waals surface area contributed by atoms with Gasteiger partial charge in [0.2, 0.25) is 6.29 Å². The largest absolute Gasteiger partial charge is 0.506 e. The molecule has 0 amide bonds. The minimum absolute atomic E-state index is 0.191. The number of ether oxygens (including phenoxy) is 7. The molecule has 22 heteroatoms. The summed E-state index contributed by atoms with van der Waals surface area (Å²) in [5, 5.41) is 158. The second-order valence-corrected chi connectivity index (χ2v) is 19.4. The molecule has 5 rings (SSSR count). The molecule has 0 aromatic carbocycles. The van der Waals surface area contributed by atoms with Crippen molar-refractivity contribution in [3.05, 3.63) is 11.5 Å². The smallest absolute Gasteiger partial charge is 0.217 e. The van der Waals surface area contributed by atoms with Gasteiger partial charge in [0.1, 0.15) is 79.4 Å². The highest BCUT2D eigenvalue weighted by Crippen LogP contribution is 2.39. The van der Waals surface area contributed by atoms with Crippen LogP contribution in [-0.2, 0) is 33.2 Å². The van der Waals surface area contributed by atoms with Crippen LogP contribution >= 0.6 is 0 Å². The molecule has 3 heterocycles. The van der Waals surface area contributed by atoms with E-state index in [2.05, 4.69) is 0 Å². The lowest BCUT2D eigenvalue weighted by molar-refractivity contribution is -0.361. The van der Waals surface area contributed by atoms with Crippen molar-refractivity contribution in [1.29, 1.82) is 0 Å². The van der Waals surface area contributed by atoms with Crippen LogP contribution in [0.15, 0.2) is 11.5 Å². The molecule has 2 saturated carbocycles. The molecule has 2 aliphatic carbocycles. The summed E-state index contributed by atoms with van der Waals surface area (Å²) in [6.07, 6.45) is -13.9. The van der Waals surface area contributed by atoms with E-state index >= 15 is 0 Å². The van der Waals surface area contributed by atoms with Crippen LogP contribution < -0.4 is 0 Å². The van der Waals surface area contributed by atoms with Gasteiger partial charge in [0.05, 0.1) is 33.0 Å². The van der Waals surface area contributed by atoms with Crippen LogP contribution in [0.4, 0.5) is 0 Å². The molecular formula is C45H80O22. The van der Waals surface area contributed by atoms with E-state index in [0.29, 0.717) is 37.5 Å². The zero-order valence-corrected chi connectivity index (χ0v) is 38.3. The first-order valence-electron chi connectivity index (χ1n) is 24.3. The Morgan fingerprint density at radius 1 is 0.537 bits per heavy atom. The Labute approximate surface area is 391 Å². The molecule has 67 heavy (non-hydrogen) atoms. The summed E-state index contributed by atoms with van der Waals surface area (Å²) in [7, 11) is 0. The second kappa shape index (κ2) is 27.4. The van der Waals surface area contributed by atoms with Crippen molar-refractivity contribution in [3.63, 3.8) is 0 Å². The molecule has 0 aromatic rings. The van der Waals surface area contributed by atoms with Crippen molar-refractivity contribution >= 4 is 0 Å². The fourth-order valence-electron chi connectivity index (χ4n) is 10.2. The van der Waals surface area contributed by atoms with Crippen LogP contribution in [0.3, 0.4) is 0 Å². The van der Waals surface area contributed by atoms with E-state index in [1.54, 1.807) is 0 Å². The lowest BCUT2D eigenvalue weighted by atomic mass is 9.76. The van der Waals surface area contributed by atoms with E-state index in [1.807, 2.05) is 0 Å². The summed E-state index contributed by atoms with van der Waals surface area (Å²) in [6, 6.07) is 0. The number of hydrogen-bond donors (Lipinski definition) is 15. The fraction of sp³-hybridized carbons (Fsp3) is 0.956. The van der Waals surface area contributed by atoms with E-state index < -0.39 is 154 Å². The Morgan fingerprint density at radius 2 is 1.01 bits per heavy atom. The van der Waals surface area contributed by atoms with Crippen LogP contribution in [0.2, 0.25) is 0 Å². The Balaban J connectivity index is 1.35. The molecule has 7 unspecified atom stereocenters. The standard InChI is InChI=1S/C45H80O22/c46-18-15-26(63-43-37(57)33(53)31(51)27(19-47)64-43)30(50)36(56)41(60)61-22-45(16-7-13-24-9-3-1-4-10-24,17-8-14-25-11-5-2-6-12-25)23-62-42-39(59)35(55)40(29(21-49)66-42)67-44-38(58)34(54)32(52)28(20-48)65-44/h24-29,31-35,37-44,46-60H,1-23H2/b36-30-/t26-,27?,28?,29?,31-,32-,33?,34+,35-,37?,38?,39?,40-,41+,42-,43+,44+/m1/s1. The summed E-state index contributed by atoms with van der Waals surface area (Å²) in [4.78, 5) is 0. The lowest BCUT2D eigenvalue weighted by Gasteiger charge is -2.46. The van der Waals surface area contributed by atoms with E-state index in [1.165, 1.54) is 12.8 Å². The minimum atomic E-state index is -2.19.